The van der Waals surface area contributed by atoms with Gasteiger partial charge in [-0.05, 0) is 32.9 Å². The lowest BCUT2D eigenvalue weighted by Crippen LogP contribution is -2.10. The molecule has 0 aliphatic heterocycles. The Morgan fingerprint density at radius 2 is 2.11 bits per heavy atom. The molecule has 5 heteroatoms. The summed E-state index contributed by atoms with van der Waals surface area (Å²) in [5.74, 6) is 0.0482. The molecule has 0 N–H and O–H groups in total. The smallest absolute Gasteiger partial charge is 0.186 e. The highest BCUT2D eigenvalue weighted by molar-refractivity contribution is 5.95. The van der Waals surface area contributed by atoms with Crippen molar-refractivity contribution < 1.29 is 4.79 Å². The van der Waals surface area contributed by atoms with Crippen molar-refractivity contribution in [2.24, 2.45) is 7.05 Å². The molecule has 0 bridgehead atoms. The molecule has 0 unspecified atom stereocenters. The fourth-order valence-corrected chi connectivity index (χ4v) is 1.89. The van der Waals surface area contributed by atoms with Crippen LogP contribution in [0.3, 0.4) is 0 Å². The first-order chi connectivity index (χ1) is 8.47. The number of carbonyl (C=O) groups is 1. The van der Waals surface area contributed by atoms with Gasteiger partial charge in [-0.25, -0.2) is 0 Å². The van der Waals surface area contributed by atoms with E-state index in [0.717, 1.165) is 11.4 Å². The third kappa shape index (κ3) is 2.50. The van der Waals surface area contributed by atoms with Gasteiger partial charge in [0, 0.05) is 19.3 Å². The molecule has 2 aromatic rings. The van der Waals surface area contributed by atoms with Crippen LogP contribution in [0.15, 0.2) is 18.3 Å². The van der Waals surface area contributed by atoms with Gasteiger partial charge >= 0.3 is 0 Å². The van der Waals surface area contributed by atoms with Crippen LogP contribution < -0.4 is 0 Å². The average Bonchev–Trinajstić information content (AvgIpc) is 2.85. The van der Waals surface area contributed by atoms with Gasteiger partial charge in [-0.2, -0.15) is 10.2 Å². The van der Waals surface area contributed by atoms with Crippen LogP contribution in [0.25, 0.3) is 0 Å². The number of hydrogen-bond donors (Lipinski definition) is 0. The molecule has 0 atom stereocenters. The van der Waals surface area contributed by atoms with E-state index >= 15 is 0 Å². The largest absolute Gasteiger partial charge is 0.292 e. The van der Waals surface area contributed by atoms with Crippen molar-refractivity contribution in [2.75, 3.05) is 0 Å². The summed E-state index contributed by atoms with van der Waals surface area (Å²) in [6, 6.07) is 4.01. The molecule has 5 nitrogen and oxygen atoms in total. The molecule has 96 valence electrons. The summed E-state index contributed by atoms with van der Waals surface area (Å²) in [7, 11) is 1.78. The zero-order chi connectivity index (χ0) is 13.3. The number of Topliss-reactive ketones (excluding diaryl/α,β-unsaturated/α-hetero) is 1. The number of ketones is 1. The molecule has 2 heterocycles. The first-order valence-corrected chi connectivity index (χ1v) is 6.05. The summed E-state index contributed by atoms with van der Waals surface area (Å²) in [6.45, 7) is 6.00. The van der Waals surface area contributed by atoms with Gasteiger partial charge in [0.05, 0.1) is 17.8 Å². The first-order valence-electron chi connectivity index (χ1n) is 6.05. The Bertz CT molecular complexity index is 565. The van der Waals surface area contributed by atoms with Crippen molar-refractivity contribution >= 4 is 5.78 Å². The molecule has 0 amide bonds. The summed E-state index contributed by atoms with van der Waals surface area (Å²) in [5, 5.41) is 8.56. The molecule has 0 fully saturated rings. The minimum absolute atomic E-state index is 0.0482. The minimum Gasteiger partial charge on any atom is -0.292 e. The van der Waals surface area contributed by atoms with Gasteiger partial charge in [0.15, 0.2) is 5.78 Å². The van der Waals surface area contributed by atoms with Crippen LogP contribution in [0.5, 0.6) is 0 Å². The molecular formula is C13H18N4O. The molecule has 0 aromatic carbocycles. The van der Waals surface area contributed by atoms with Crippen molar-refractivity contribution in [1.29, 1.82) is 0 Å². The molecule has 0 saturated carbocycles. The quantitative estimate of drug-likeness (QED) is 0.775. The Balaban J connectivity index is 2.13. The van der Waals surface area contributed by atoms with Gasteiger partial charge in [0.25, 0.3) is 0 Å². The maximum Gasteiger partial charge on any atom is 0.186 e. The number of rotatable bonds is 4. The monoisotopic (exact) mass is 246 g/mol. The lowest BCUT2D eigenvalue weighted by atomic mass is 10.1. The molecule has 2 rings (SSSR count). The summed E-state index contributed by atoms with van der Waals surface area (Å²) >= 11 is 0. The highest BCUT2D eigenvalue weighted by Gasteiger charge is 2.14. The fourth-order valence-electron chi connectivity index (χ4n) is 1.89. The standard InChI is InChI=1S/C13H18N4O/c1-9(2)17-6-5-11(15-17)8-13(18)12-7-10(3)14-16(12)4/h5-7,9H,8H2,1-4H3. The van der Waals surface area contributed by atoms with Crippen LogP contribution in [0.1, 0.15) is 41.8 Å². The number of hydrogen-bond acceptors (Lipinski definition) is 3. The van der Waals surface area contributed by atoms with Crippen LogP contribution in [-0.2, 0) is 13.5 Å². The number of carbonyl (C=O) groups excluding carboxylic acids is 1. The van der Waals surface area contributed by atoms with Crippen molar-refractivity contribution in [3.8, 4) is 0 Å². The maximum absolute atomic E-state index is 12.1. The highest BCUT2D eigenvalue weighted by atomic mass is 16.1. The van der Waals surface area contributed by atoms with Crippen molar-refractivity contribution in [3.63, 3.8) is 0 Å². The molecule has 0 radical (unpaired) electrons. The molecule has 0 aliphatic rings. The van der Waals surface area contributed by atoms with Crippen LogP contribution in [0.2, 0.25) is 0 Å². The molecule has 0 saturated heterocycles. The predicted molar refractivity (Wildman–Crippen MR) is 68.6 cm³/mol. The molecule has 18 heavy (non-hydrogen) atoms. The predicted octanol–water partition coefficient (Wildman–Crippen LogP) is 1.93. The van der Waals surface area contributed by atoms with E-state index in [0.29, 0.717) is 18.2 Å². The lowest BCUT2D eigenvalue weighted by molar-refractivity contribution is 0.0982. The fraction of sp³-hybridized carbons (Fsp3) is 0.462. The first kappa shape index (κ1) is 12.5. The normalized spacial score (nSPS) is 11.2. The SMILES string of the molecule is Cc1cc(C(=O)Cc2ccn(C(C)C)n2)n(C)n1. The molecule has 0 spiro atoms. The van der Waals surface area contributed by atoms with Gasteiger partial charge in [-0.3, -0.25) is 14.2 Å². The summed E-state index contributed by atoms with van der Waals surface area (Å²) in [6.07, 6.45) is 2.22. The van der Waals surface area contributed by atoms with E-state index in [9.17, 15) is 4.79 Å². The van der Waals surface area contributed by atoms with Crippen molar-refractivity contribution in [2.45, 2.75) is 33.2 Å². The van der Waals surface area contributed by atoms with E-state index in [2.05, 4.69) is 24.0 Å². The van der Waals surface area contributed by atoms with E-state index in [1.54, 1.807) is 11.7 Å². The Morgan fingerprint density at radius 3 is 2.61 bits per heavy atom. The molecular weight excluding hydrogens is 228 g/mol. The zero-order valence-electron chi connectivity index (χ0n) is 11.2. The van der Waals surface area contributed by atoms with E-state index in [1.807, 2.05) is 29.9 Å². The molecule has 2 aromatic heterocycles. The Morgan fingerprint density at radius 1 is 1.39 bits per heavy atom. The third-order valence-electron chi connectivity index (χ3n) is 2.82. The summed E-state index contributed by atoms with van der Waals surface area (Å²) in [4.78, 5) is 12.1. The van der Waals surface area contributed by atoms with Crippen molar-refractivity contribution in [3.05, 3.63) is 35.4 Å². The van der Waals surface area contributed by atoms with Gasteiger partial charge in [-0.15, -0.1) is 0 Å². The Labute approximate surface area is 106 Å². The lowest BCUT2D eigenvalue weighted by Gasteiger charge is -2.03. The Kier molecular flexibility index (Phi) is 3.32. The second kappa shape index (κ2) is 4.76. The topological polar surface area (TPSA) is 52.7 Å². The van der Waals surface area contributed by atoms with Crippen LogP contribution in [0, 0.1) is 6.92 Å². The second-order valence-electron chi connectivity index (χ2n) is 4.78. The van der Waals surface area contributed by atoms with Crippen molar-refractivity contribution in [1.82, 2.24) is 19.6 Å². The summed E-state index contributed by atoms with van der Waals surface area (Å²) in [5.41, 5.74) is 2.28. The third-order valence-corrected chi connectivity index (χ3v) is 2.82. The van der Waals surface area contributed by atoms with Gasteiger partial charge in [0.2, 0.25) is 0 Å². The van der Waals surface area contributed by atoms with Gasteiger partial charge in [0.1, 0.15) is 5.69 Å². The van der Waals surface area contributed by atoms with E-state index in [1.165, 1.54) is 0 Å². The van der Waals surface area contributed by atoms with E-state index in [4.69, 9.17) is 0 Å². The van der Waals surface area contributed by atoms with Gasteiger partial charge in [-0.1, -0.05) is 0 Å². The molecule has 0 aliphatic carbocycles. The second-order valence-corrected chi connectivity index (χ2v) is 4.78. The van der Waals surface area contributed by atoms with Gasteiger partial charge < -0.3 is 0 Å². The van der Waals surface area contributed by atoms with E-state index in [-0.39, 0.29) is 5.78 Å². The number of aromatic nitrogens is 4. The number of aryl methyl sites for hydroxylation is 2. The highest BCUT2D eigenvalue weighted by Crippen LogP contribution is 2.09. The minimum atomic E-state index is 0.0482. The van der Waals surface area contributed by atoms with Crippen LogP contribution >= 0.6 is 0 Å². The summed E-state index contributed by atoms with van der Waals surface area (Å²) < 4.78 is 3.48. The Hall–Kier alpha value is -1.91. The van der Waals surface area contributed by atoms with Crippen LogP contribution in [0.4, 0.5) is 0 Å². The maximum atomic E-state index is 12.1. The van der Waals surface area contributed by atoms with E-state index < -0.39 is 0 Å². The van der Waals surface area contributed by atoms with Crippen LogP contribution in [-0.4, -0.2) is 25.3 Å². The average molecular weight is 246 g/mol. The zero-order valence-corrected chi connectivity index (χ0v) is 11.2. The number of nitrogens with zero attached hydrogens (tertiary/aromatic N) is 4.